The van der Waals surface area contributed by atoms with Crippen molar-refractivity contribution in [2.45, 2.75) is 6.92 Å². The number of thioether (sulfide) groups is 1. The third kappa shape index (κ3) is 2.32. The van der Waals surface area contributed by atoms with Gasteiger partial charge in [0.15, 0.2) is 11.0 Å². The summed E-state index contributed by atoms with van der Waals surface area (Å²) < 4.78 is 0. The largest absolute Gasteiger partial charge is 0.268 e. The summed E-state index contributed by atoms with van der Waals surface area (Å²) in [5, 5.41) is 2.53. The first-order chi connectivity index (χ1) is 9.79. The molecule has 1 amide bonds. The first-order valence-electron chi connectivity index (χ1n) is 6.36. The molecule has 0 unspecified atom stereocenters. The number of amidine groups is 2. The van der Waals surface area contributed by atoms with Gasteiger partial charge in [0.25, 0.3) is 5.91 Å². The molecule has 2 heterocycles. The molecule has 4 nitrogen and oxygen atoms in total. The second-order valence-electron chi connectivity index (χ2n) is 4.24. The van der Waals surface area contributed by atoms with Crippen molar-refractivity contribution >= 4 is 34.7 Å². The van der Waals surface area contributed by atoms with Crippen molar-refractivity contribution in [1.82, 2.24) is 4.90 Å². The number of amides is 1. The third-order valence-electron chi connectivity index (χ3n) is 2.90. The number of benzene rings is 1. The fraction of sp³-hybridized carbons (Fsp3) is 0.133. The van der Waals surface area contributed by atoms with Crippen LogP contribution in [0.2, 0.25) is 0 Å². The summed E-state index contributed by atoms with van der Waals surface area (Å²) in [6.45, 7) is 2.54. The third-order valence-corrected chi connectivity index (χ3v) is 3.66. The van der Waals surface area contributed by atoms with Gasteiger partial charge < -0.3 is 0 Å². The Kier molecular flexibility index (Phi) is 3.52. The topological polar surface area (TPSA) is 45.0 Å². The minimum absolute atomic E-state index is 0.0766. The van der Waals surface area contributed by atoms with Gasteiger partial charge in [0, 0.05) is 12.7 Å². The molecule has 1 aromatic carbocycles. The minimum atomic E-state index is -0.0766. The number of rotatable bonds is 2. The Labute approximate surface area is 121 Å². The molecule has 3 rings (SSSR count). The molecule has 0 atom stereocenters. The standard InChI is InChI=1S/C15H13N3OS/c1-2-16-13-12(10-11-6-4-3-5-7-11)14(19)18-8-9-20-15(18)17-13/h3-10H,2H2,1H3/b12-10+,16-13?. The Bertz CT molecular complexity index is 659. The highest BCUT2D eigenvalue weighted by atomic mass is 32.2. The normalized spacial score (nSPS) is 21.6. The van der Waals surface area contributed by atoms with Crippen molar-refractivity contribution < 1.29 is 4.79 Å². The van der Waals surface area contributed by atoms with Crippen molar-refractivity contribution in [2.75, 3.05) is 6.54 Å². The zero-order valence-corrected chi connectivity index (χ0v) is 11.8. The molecule has 0 spiro atoms. The van der Waals surface area contributed by atoms with Crippen LogP contribution in [0.4, 0.5) is 0 Å². The van der Waals surface area contributed by atoms with Crippen LogP contribution in [0.25, 0.3) is 6.08 Å². The van der Waals surface area contributed by atoms with E-state index >= 15 is 0 Å². The second-order valence-corrected chi connectivity index (χ2v) is 5.11. The smallest absolute Gasteiger partial charge is 0.267 e. The highest BCUT2D eigenvalue weighted by Crippen LogP contribution is 2.27. The van der Waals surface area contributed by atoms with Gasteiger partial charge in [-0.2, -0.15) is 0 Å². The average molecular weight is 283 g/mol. The molecule has 0 fully saturated rings. The summed E-state index contributed by atoms with van der Waals surface area (Å²) >= 11 is 1.43. The summed E-state index contributed by atoms with van der Waals surface area (Å²) in [6, 6.07) is 9.74. The molecule has 0 aliphatic carbocycles. The van der Waals surface area contributed by atoms with Gasteiger partial charge >= 0.3 is 0 Å². The van der Waals surface area contributed by atoms with E-state index in [1.807, 2.05) is 48.7 Å². The van der Waals surface area contributed by atoms with Gasteiger partial charge in [-0.1, -0.05) is 42.1 Å². The first-order valence-corrected chi connectivity index (χ1v) is 7.24. The van der Waals surface area contributed by atoms with Crippen LogP contribution in [0, 0.1) is 0 Å². The number of hydrogen-bond acceptors (Lipinski definition) is 3. The summed E-state index contributed by atoms with van der Waals surface area (Å²) in [4.78, 5) is 22.9. The lowest BCUT2D eigenvalue weighted by Gasteiger charge is -2.21. The van der Waals surface area contributed by atoms with Crippen molar-refractivity contribution in [3.05, 3.63) is 53.1 Å². The molecule has 0 radical (unpaired) electrons. The Morgan fingerprint density at radius 2 is 2.15 bits per heavy atom. The summed E-state index contributed by atoms with van der Waals surface area (Å²) in [5.74, 6) is 0.441. The van der Waals surface area contributed by atoms with Crippen molar-refractivity contribution in [2.24, 2.45) is 9.98 Å². The Morgan fingerprint density at radius 3 is 2.90 bits per heavy atom. The van der Waals surface area contributed by atoms with Crippen LogP contribution >= 0.6 is 11.8 Å². The molecule has 0 saturated heterocycles. The van der Waals surface area contributed by atoms with Crippen LogP contribution in [-0.4, -0.2) is 28.4 Å². The molecule has 0 N–H and O–H groups in total. The predicted octanol–water partition coefficient (Wildman–Crippen LogP) is 2.90. The van der Waals surface area contributed by atoms with E-state index in [9.17, 15) is 4.79 Å². The maximum atomic E-state index is 12.5. The average Bonchev–Trinajstić information content (AvgIpc) is 2.93. The number of carbonyl (C=O) groups excluding carboxylic acids is 1. The van der Waals surface area contributed by atoms with Crippen LogP contribution in [0.3, 0.4) is 0 Å². The minimum Gasteiger partial charge on any atom is -0.268 e. The van der Waals surface area contributed by atoms with Gasteiger partial charge in [0.1, 0.15) is 0 Å². The van der Waals surface area contributed by atoms with E-state index in [4.69, 9.17) is 0 Å². The summed E-state index contributed by atoms with van der Waals surface area (Å²) in [6.07, 6.45) is 3.58. The van der Waals surface area contributed by atoms with E-state index in [1.165, 1.54) is 11.8 Å². The van der Waals surface area contributed by atoms with Crippen LogP contribution in [0.5, 0.6) is 0 Å². The molecule has 2 aliphatic rings. The fourth-order valence-electron chi connectivity index (χ4n) is 2.00. The zero-order chi connectivity index (χ0) is 13.9. The molecule has 0 aromatic heterocycles. The van der Waals surface area contributed by atoms with E-state index in [2.05, 4.69) is 9.98 Å². The highest BCUT2D eigenvalue weighted by molar-refractivity contribution is 8.16. The molecule has 100 valence electrons. The molecule has 0 saturated carbocycles. The Morgan fingerprint density at radius 1 is 1.35 bits per heavy atom. The maximum absolute atomic E-state index is 12.5. The van der Waals surface area contributed by atoms with Crippen molar-refractivity contribution in [3.8, 4) is 0 Å². The van der Waals surface area contributed by atoms with Crippen molar-refractivity contribution in [1.29, 1.82) is 0 Å². The molecule has 0 bridgehead atoms. The van der Waals surface area contributed by atoms with Gasteiger partial charge in [-0.25, -0.2) is 4.99 Å². The lowest BCUT2D eigenvalue weighted by atomic mass is 10.1. The van der Waals surface area contributed by atoms with Gasteiger partial charge in [-0.05, 0) is 24.0 Å². The monoisotopic (exact) mass is 283 g/mol. The van der Waals surface area contributed by atoms with E-state index in [-0.39, 0.29) is 5.91 Å². The van der Waals surface area contributed by atoms with E-state index in [0.717, 1.165) is 5.56 Å². The fourth-order valence-corrected chi connectivity index (χ4v) is 2.70. The lowest BCUT2D eigenvalue weighted by molar-refractivity contribution is -0.121. The quantitative estimate of drug-likeness (QED) is 0.783. The molecule has 5 heteroatoms. The van der Waals surface area contributed by atoms with E-state index < -0.39 is 0 Å². The number of fused-ring (bicyclic) bond motifs is 1. The highest BCUT2D eigenvalue weighted by Gasteiger charge is 2.32. The van der Waals surface area contributed by atoms with Gasteiger partial charge in [-0.15, -0.1) is 0 Å². The lowest BCUT2D eigenvalue weighted by Crippen LogP contribution is -2.36. The van der Waals surface area contributed by atoms with Crippen molar-refractivity contribution in [3.63, 3.8) is 0 Å². The Balaban J connectivity index is 2.08. The molecular weight excluding hydrogens is 270 g/mol. The van der Waals surface area contributed by atoms with Crippen LogP contribution in [0.1, 0.15) is 12.5 Å². The Hall–Kier alpha value is -2.14. The SMILES string of the molecule is CCN=C1N=C2SC=CN2C(=O)/C1=C/c1ccccc1. The molecule has 2 aliphatic heterocycles. The second kappa shape index (κ2) is 5.46. The zero-order valence-electron chi connectivity index (χ0n) is 11.0. The predicted molar refractivity (Wildman–Crippen MR) is 83.4 cm³/mol. The van der Waals surface area contributed by atoms with E-state index in [0.29, 0.717) is 23.1 Å². The van der Waals surface area contributed by atoms with Gasteiger partial charge in [0.2, 0.25) is 0 Å². The van der Waals surface area contributed by atoms with E-state index in [1.54, 1.807) is 11.1 Å². The molecular formula is C15H13N3OS. The van der Waals surface area contributed by atoms with Gasteiger partial charge in [0.05, 0.1) is 5.57 Å². The first kappa shape index (κ1) is 12.9. The molecule has 1 aromatic rings. The van der Waals surface area contributed by atoms with Gasteiger partial charge in [-0.3, -0.25) is 14.7 Å². The number of aliphatic imine (C=N–C) groups is 2. The number of nitrogens with zero attached hydrogens (tertiary/aromatic N) is 3. The van der Waals surface area contributed by atoms with Crippen LogP contribution in [0.15, 0.2) is 57.5 Å². The number of hydrogen-bond donors (Lipinski definition) is 0. The number of carbonyl (C=O) groups is 1. The maximum Gasteiger partial charge on any atom is 0.267 e. The van der Waals surface area contributed by atoms with Crippen LogP contribution in [-0.2, 0) is 4.79 Å². The molecule has 20 heavy (non-hydrogen) atoms. The van der Waals surface area contributed by atoms with Crippen LogP contribution < -0.4 is 0 Å². The summed E-state index contributed by atoms with van der Waals surface area (Å²) in [5.41, 5.74) is 1.50. The summed E-state index contributed by atoms with van der Waals surface area (Å²) in [7, 11) is 0.